The van der Waals surface area contributed by atoms with Gasteiger partial charge in [0, 0.05) is 41.6 Å². The molecule has 0 radical (unpaired) electrons. The van der Waals surface area contributed by atoms with Crippen molar-refractivity contribution in [2.75, 3.05) is 31.0 Å². The van der Waals surface area contributed by atoms with Crippen molar-refractivity contribution in [3.63, 3.8) is 0 Å². The Balaban J connectivity index is 1.68. The van der Waals surface area contributed by atoms with E-state index in [1.165, 1.54) is 23.9 Å². The second-order valence-electron chi connectivity index (χ2n) is 9.74. The number of aromatic nitrogens is 2. The number of thiocarbonyl (C=S) groups is 1. The lowest BCUT2D eigenvalue weighted by atomic mass is 9.93. The Kier molecular flexibility index (Phi) is 7.86. The number of nitrogens with one attached hydrogen (secondary N) is 2. The van der Waals surface area contributed by atoms with Gasteiger partial charge < -0.3 is 29.6 Å². The summed E-state index contributed by atoms with van der Waals surface area (Å²) in [7, 11) is 3.06. The highest BCUT2D eigenvalue weighted by molar-refractivity contribution is 7.80. The summed E-state index contributed by atoms with van der Waals surface area (Å²) >= 11 is 5.97. The van der Waals surface area contributed by atoms with E-state index >= 15 is 0 Å². The molecule has 0 saturated carbocycles. The number of para-hydroxylation sites is 1. The van der Waals surface area contributed by atoms with E-state index in [9.17, 15) is 4.79 Å². The van der Waals surface area contributed by atoms with Crippen LogP contribution in [0, 0.1) is 20.8 Å². The molecule has 3 heterocycles. The molecule has 0 bridgehead atoms. The monoisotopic (exact) mass is 555 g/mol. The van der Waals surface area contributed by atoms with Crippen LogP contribution in [0.3, 0.4) is 0 Å². The summed E-state index contributed by atoms with van der Waals surface area (Å²) in [6, 6.07) is 21.6. The van der Waals surface area contributed by atoms with E-state index in [1.807, 2.05) is 42.5 Å². The second-order valence-corrected chi connectivity index (χ2v) is 10.1. The fourth-order valence-corrected chi connectivity index (χ4v) is 5.94. The highest BCUT2D eigenvalue weighted by Gasteiger charge is 2.43. The molecular weight excluding hydrogens is 522 g/mol. The standard InChI is InChI=1S/C31H33N5O3S/c1-19-20(2)35(22-11-7-6-8-12-22)21(3)28(19)30-29(24-13-9-10-16-32-24)34-31(40)36(30)23-14-15-26(39-5)25(17-23)33-27(37)18-38-4/h6-17,29-30H,18H2,1-5H3,(H,33,37)(H,34,40)/t29-,30+/m0/s1. The van der Waals surface area contributed by atoms with Gasteiger partial charge in [-0.2, -0.15) is 0 Å². The summed E-state index contributed by atoms with van der Waals surface area (Å²) in [5, 5.41) is 7.02. The smallest absolute Gasteiger partial charge is 0.250 e. The first-order valence-electron chi connectivity index (χ1n) is 13.1. The van der Waals surface area contributed by atoms with Crippen LogP contribution in [-0.2, 0) is 9.53 Å². The number of amides is 1. The molecule has 9 heteroatoms. The molecule has 2 aromatic carbocycles. The number of carbonyl (C=O) groups is 1. The first-order chi connectivity index (χ1) is 19.3. The van der Waals surface area contributed by atoms with Crippen LogP contribution in [0.4, 0.5) is 11.4 Å². The van der Waals surface area contributed by atoms with Crippen molar-refractivity contribution in [2.24, 2.45) is 0 Å². The molecule has 4 aromatic rings. The summed E-state index contributed by atoms with van der Waals surface area (Å²) in [5.41, 5.74) is 8.01. The third kappa shape index (κ3) is 4.94. The highest BCUT2D eigenvalue weighted by atomic mass is 32.1. The average molecular weight is 556 g/mol. The average Bonchev–Trinajstić information content (AvgIpc) is 3.41. The number of rotatable bonds is 8. The van der Waals surface area contributed by atoms with Gasteiger partial charge in [0.05, 0.1) is 30.6 Å². The van der Waals surface area contributed by atoms with Crippen LogP contribution in [0.2, 0.25) is 0 Å². The van der Waals surface area contributed by atoms with Gasteiger partial charge in [0.15, 0.2) is 5.11 Å². The SMILES string of the molecule is COCC(=O)Nc1cc(N2C(=S)N[C@@H](c3ccccn3)[C@H]2c2c(C)c(C)n(-c3ccccc3)c2C)ccc1OC. The Labute approximate surface area is 239 Å². The molecule has 0 unspecified atom stereocenters. The predicted molar refractivity (Wildman–Crippen MR) is 161 cm³/mol. The van der Waals surface area contributed by atoms with Gasteiger partial charge in [-0.25, -0.2) is 0 Å². The number of ether oxygens (including phenoxy) is 2. The summed E-state index contributed by atoms with van der Waals surface area (Å²) in [6.45, 7) is 6.40. The maximum absolute atomic E-state index is 12.4. The van der Waals surface area contributed by atoms with Crippen molar-refractivity contribution in [1.82, 2.24) is 14.9 Å². The lowest BCUT2D eigenvalue weighted by Crippen LogP contribution is -2.30. The predicted octanol–water partition coefficient (Wildman–Crippen LogP) is 5.57. The maximum Gasteiger partial charge on any atom is 0.250 e. The summed E-state index contributed by atoms with van der Waals surface area (Å²) in [5.74, 6) is 0.271. The van der Waals surface area contributed by atoms with Crippen molar-refractivity contribution in [3.05, 3.63) is 101 Å². The summed E-state index contributed by atoms with van der Waals surface area (Å²) < 4.78 is 12.8. The van der Waals surface area contributed by atoms with Gasteiger partial charge in [0.25, 0.3) is 0 Å². The van der Waals surface area contributed by atoms with Crippen LogP contribution < -0.4 is 20.3 Å². The number of carbonyl (C=O) groups excluding carboxylic acids is 1. The van der Waals surface area contributed by atoms with Gasteiger partial charge in [-0.05, 0) is 81.0 Å². The number of nitrogens with zero attached hydrogens (tertiary/aromatic N) is 3. The zero-order valence-corrected chi connectivity index (χ0v) is 24.1. The molecule has 1 amide bonds. The van der Waals surface area contributed by atoms with E-state index in [1.54, 1.807) is 13.3 Å². The van der Waals surface area contributed by atoms with Gasteiger partial charge in [-0.1, -0.05) is 24.3 Å². The van der Waals surface area contributed by atoms with Crippen molar-refractivity contribution in [3.8, 4) is 11.4 Å². The quantitative estimate of drug-likeness (QED) is 0.275. The lowest BCUT2D eigenvalue weighted by Gasteiger charge is -2.29. The first-order valence-corrected chi connectivity index (χ1v) is 13.5. The van der Waals surface area contributed by atoms with Crippen molar-refractivity contribution in [2.45, 2.75) is 32.9 Å². The molecule has 1 aliphatic rings. The van der Waals surface area contributed by atoms with Crippen LogP contribution in [0.25, 0.3) is 5.69 Å². The number of hydrogen-bond donors (Lipinski definition) is 2. The molecule has 1 aliphatic heterocycles. The van der Waals surface area contributed by atoms with Gasteiger partial charge in [0.2, 0.25) is 5.91 Å². The molecule has 206 valence electrons. The summed E-state index contributed by atoms with van der Waals surface area (Å²) in [4.78, 5) is 19.2. The summed E-state index contributed by atoms with van der Waals surface area (Å²) in [6.07, 6.45) is 1.80. The van der Waals surface area contributed by atoms with Crippen LogP contribution in [-0.4, -0.2) is 41.4 Å². The molecule has 1 fully saturated rings. The molecule has 1 saturated heterocycles. The van der Waals surface area contributed by atoms with E-state index in [2.05, 4.69) is 65.1 Å². The Morgan fingerprint density at radius 3 is 2.42 bits per heavy atom. The number of hydrogen-bond acceptors (Lipinski definition) is 5. The number of benzene rings is 2. The molecule has 5 rings (SSSR count). The van der Waals surface area contributed by atoms with E-state index in [0.717, 1.165) is 22.8 Å². The van der Waals surface area contributed by atoms with Crippen molar-refractivity contribution < 1.29 is 14.3 Å². The van der Waals surface area contributed by atoms with Crippen molar-refractivity contribution in [1.29, 1.82) is 0 Å². The minimum Gasteiger partial charge on any atom is -0.495 e. The van der Waals surface area contributed by atoms with E-state index < -0.39 is 0 Å². The van der Waals surface area contributed by atoms with E-state index in [0.29, 0.717) is 16.5 Å². The third-order valence-corrected chi connectivity index (χ3v) is 7.74. The molecule has 8 nitrogen and oxygen atoms in total. The van der Waals surface area contributed by atoms with Crippen LogP contribution in [0.5, 0.6) is 5.75 Å². The fourth-order valence-electron chi connectivity index (χ4n) is 5.59. The first kappa shape index (κ1) is 27.4. The van der Waals surface area contributed by atoms with Crippen LogP contribution >= 0.6 is 12.2 Å². The molecule has 2 atom stereocenters. The molecule has 2 N–H and O–H groups in total. The maximum atomic E-state index is 12.4. The van der Waals surface area contributed by atoms with Crippen LogP contribution in [0.15, 0.2) is 72.9 Å². The molecule has 2 aromatic heterocycles. The fraction of sp³-hybridized carbons (Fsp3) is 0.258. The molecule has 0 spiro atoms. The van der Waals surface area contributed by atoms with Crippen LogP contribution in [0.1, 0.15) is 40.3 Å². The van der Waals surface area contributed by atoms with Gasteiger partial charge in [0.1, 0.15) is 12.4 Å². The van der Waals surface area contributed by atoms with E-state index in [4.69, 9.17) is 26.7 Å². The Morgan fingerprint density at radius 2 is 1.75 bits per heavy atom. The largest absolute Gasteiger partial charge is 0.495 e. The second kappa shape index (κ2) is 11.5. The zero-order valence-electron chi connectivity index (χ0n) is 23.3. The Hall–Kier alpha value is -4.21. The van der Waals surface area contributed by atoms with Gasteiger partial charge >= 0.3 is 0 Å². The minimum atomic E-state index is -0.273. The van der Waals surface area contributed by atoms with Gasteiger partial charge in [-0.3, -0.25) is 9.78 Å². The highest BCUT2D eigenvalue weighted by Crippen LogP contribution is 2.46. The zero-order chi connectivity index (χ0) is 28.4. The van der Waals surface area contributed by atoms with E-state index in [-0.39, 0.29) is 24.6 Å². The normalized spacial score (nSPS) is 16.6. The van der Waals surface area contributed by atoms with Crippen molar-refractivity contribution >= 4 is 34.6 Å². The Morgan fingerprint density at radius 1 is 1.00 bits per heavy atom. The lowest BCUT2D eigenvalue weighted by molar-refractivity contribution is -0.119. The Bertz CT molecular complexity index is 1540. The van der Waals surface area contributed by atoms with Gasteiger partial charge in [-0.15, -0.1) is 0 Å². The topological polar surface area (TPSA) is 80.7 Å². The number of anilines is 2. The number of pyridine rings is 1. The molecular formula is C31H33N5O3S. The molecule has 40 heavy (non-hydrogen) atoms. The molecule has 0 aliphatic carbocycles. The third-order valence-electron chi connectivity index (χ3n) is 7.43. The minimum absolute atomic E-state index is 0.0634. The number of methoxy groups -OCH3 is 2.